The first kappa shape index (κ1) is 30.6. The number of rotatable bonds is 5. The van der Waals surface area contributed by atoms with Gasteiger partial charge in [-0.1, -0.05) is 170 Å². The van der Waals surface area contributed by atoms with Gasteiger partial charge in [0, 0.05) is 22.0 Å². The number of hydrogen-bond acceptors (Lipinski definition) is 1. The summed E-state index contributed by atoms with van der Waals surface area (Å²) in [5.41, 5.74) is 12.8. The highest BCUT2D eigenvalue weighted by atomic mass is 15.0. The second kappa shape index (κ2) is 12.5. The molecule has 0 amide bonds. The number of fused-ring (bicyclic) bond motifs is 5. The van der Waals surface area contributed by atoms with Crippen LogP contribution in [0.4, 0.5) is 0 Å². The quantitative estimate of drug-likeness (QED) is 0.167. The Morgan fingerprint density at radius 2 is 0.755 bits per heavy atom. The van der Waals surface area contributed by atoms with Crippen LogP contribution in [-0.2, 0) is 0 Å². The van der Waals surface area contributed by atoms with E-state index < -0.39 is 0 Å². The van der Waals surface area contributed by atoms with Crippen LogP contribution in [0.2, 0.25) is 0 Å². The van der Waals surface area contributed by atoms with Crippen LogP contribution in [0.5, 0.6) is 0 Å². The molecule has 10 aromatic rings. The highest BCUT2D eigenvalue weighted by molar-refractivity contribution is 6.22. The first-order valence-corrected chi connectivity index (χ1v) is 18.0. The van der Waals surface area contributed by atoms with Gasteiger partial charge in [-0.15, -0.1) is 0 Å². The highest BCUT2D eigenvalue weighted by Gasteiger charge is 2.21. The van der Waals surface area contributed by atoms with Crippen LogP contribution in [0.25, 0.3) is 93.5 Å². The Kier molecular flexibility index (Phi) is 7.23. The fourth-order valence-electron chi connectivity index (χ4n) is 8.42. The van der Waals surface area contributed by atoms with Crippen LogP contribution in [0.15, 0.2) is 194 Å². The summed E-state index contributed by atoms with van der Waals surface area (Å²) in [4.78, 5) is 0. The molecule has 10 rings (SSSR count). The molecule has 0 spiro atoms. The van der Waals surface area contributed by atoms with Gasteiger partial charge in [-0.2, -0.15) is 5.26 Å². The zero-order valence-electron chi connectivity index (χ0n) is 28.9. The summed E-state index contributed by atoms with van der Waals surface area (Å²) in [7, 11) is 0. The maximum absolute atomic E-state index is 10.7. The lowest BCUT2D eigenvalue weighted by molar-refractivity contribution is 1.18. The Hall–Kier alpha value is -7.21. The number of aromatic nitrogens is 1. The van der Waals surface area contributed by atoms with Crippen molar-refractivity contribution in [3.8, 4) is 56.3 Å². The molecule has 0 N–H and O–H groups in total. The number of nitrogens with zero attached hydrogens (tertiary/aromatic N) is 2. The van der Waals surface area contributed by atoms with Crippen molar-refractivity contribution in [1.82, 2.24) is 4.57 Å². The van der Waals surface area contributed by atoms with Crippen molar-refractivity contribution in [3.63, 3.8) is 0 Å². The van der Waals surface area contributed by atoms with E-state index in [1.165, 1.54) is 49.0 Å². The lowest BCUT2D eigenvalue weighted by Gasteiger charge is -2.21. The van der Waals surface area contributed by atoms with Gasteiger partial charge in [-0.05, 0) is 84.8 Å². The van der Waals surface area contributed by atoms with E-state index in [9.17, 15) is 5.26 Å². The summed E-state index contributed by atoms with van der Waals surface area (Å²) in [6.07, 6.45) is 0. The summed E-state index contributed by atoms with van der Waals surface area (Å²) in [5, 5.41) is 18.0. The smallest absolute Gasteiger partial charge is 0.0998 e. The molecule has 0 aliphatic heterocycles. The zero-order valence-corrected chi connectivity index (χ0v) is 28.9. The minimum absolute atomic E-state index is 0.636. The van der Waals surface area contributed by atoms with E-state index in [1.807, 2.05) is 6.07 Å². The average molecular weight is 673 g/mol. The van der Waals surface area contributed by atoms with Crippen LogP contribution in [0.1, 0.15) is 5.56 Å². The zero-order chi connectivity index (χ0) is 35.3. The summed E-state index contributed by atoms with van der Waals surface area (Å²) in [6, 6.07) is 71.4. The van der Waals surface area contributed by atoms with Crippen molar-refractivity contribution in [2.45, 2.75) is 0 Å². The molecule has 1 heterocycles. The molecule has 0 atom stereocenters. The van der Waals surface area contributed by atoms with Crippen molar-refractivity contribution in [3.05, 3.63) is 200 Å². The summed E-state index contributed by atoms with van der Waals surface area (Å²) >= 11 is 0. The van der Waals surface area contributed by atoms with E-state index >= 15 is 0 Å². The third-order valence-corrected chi connectivity index (χ3v) is 10.7. The van der Waals surface area contributed by atoms with E-state index in [1.54, 1.807) is 0 Å². The Labute approximate surface area is 308 Å². The number of nitriles is 1. The molecular formula is C51H32N2. The molecule has 2 nitrogen and oxygen atoms in total. The van der Waals surface area contributed by atoms with Crippen molar-refractivity contribution < 1.29 is 0 Å². The Bertz CT molecular complexity index is 2960. The van der Waals surface area contributed by atoms with Crippen LogP contribution in [0, 0.1) is 11.3 Å². The molecule has 0 saturated heterocycles. The second-order valence-electron chi connectivity index (χ2n) is 13.5. The molecule has 2 heteroatoms. The molecule has 246 valence electrons. The van der Waals surface area contributed by atoms with E-state index in [-0.39, 0.29) is 0 Å². The number of para-hydroxylation sites is 2. The fourth-order valence-corrected chi connectivity index (χ4v) is 8.42. The predicted octanol–water partition coefficient (Wildman–Crippen LogP) is 13.6. The second-order valence-corrected chi connectivity index (χ2v) is 13.5. The Morgan fingerprint density at radius 1 is 0.340 bits per heavy atom. The van der Waals surface area contributed by atoms with Crippen LogP contribution < -0.4 is 0 Å². The maximum atomic E-state index is 10.7. The van der Waals surface area contributed by atoms with E-state index in [2.05, 4.69) is 199 Å². The maximum Gasteiger partial charge on any atom is 0.0998 e. The third kappa shape index (κ3) is 4.87. The van der Waals surface area contributed by atoms with Gasteiger partial charge in [-0.3, -0.25) is 0 Å². The topological polar surface area (TPSA) is 28.7 Å². The van der Waals surface area contributed by atoms with Crippen molar-refractivity contribution >= 4 is 43.4 Å². The largest absolute Gasteiger partial charge is 0.309 e. The van der Waals surface area contributed by atoms with E-state index in [0.29, 0.717) is 5.56 Å². The van der Waals surface area contributed by atoms with Gasteiger partial charge in [0.1, 0.15) is 0 Å². The van der Waals surface area contributed by atoms with Crippen LogP contribution in [-0.4, -0.2) is 4.57 Å². The Balaban J connectivity index is 1.19. The number of hydrogen-bond donors (Lipinski definition) is 0. The van der Waals surface area contributed by atoms with Crippen molar-refractivity contribution in [2.24, 2.45) is 0 Å². The van der Waals surface area contributed by atoms with Gasteiger partial charge in [0.05, 0.1) is 22.7 Å². The standard InChI is InChI=1S/C51H32N2/c52-33-35-32-36(53-48-28-14-12-21-41(48)42-22-13-15-29-49(42)53)30-31-37(35)38-18-4-5-19-39(38)40-20-6-7-23-43(40)51-46-26-10-8-24-44(46)50(34-16-2-1-3-17-34)45-25-9-11-27-47(45)51/h1-32H. The van der Waals surface area contributed by atoms with Gasteiger partial charge < -0.3 is 4.57 Å². The third-order valence-electron chi connectivity index (χ3n) is 10.7. The molecule has 9 aromatic carbocycles. The first-order chi connectivity index (χ1) is 26.3. The van der Waals surface area contributed by atoms with Crippen molar-refractivity contribution in [2.75, 3.05) is 0 Å². The fraction of sp³-hybridized carbons (Fsp3) is 0. The molecular weight excluding hydrogens is 641 g/mol. The van der Waals surface area contributed by atoms with Gasteiger partial charge in [0.15, 0.2) is 0 Å². The number of benzene rings is 9. The molecule has 53 heavy (non-hydrogen) atoms. The van der Waals surface area contributed by atoms with E-state index in [0.717, 1.165) is 44.5 Å². The summed E-state index contributed by atoms with van der Waals surface area (Å²) in [5.74, 6) is 0. The molecule has 0 aliphatic rings. The molecule has 0 bridgehead atoms. The normalized spacial score (nSPS) is 11.4. The predicted molar refractivity (Wildman–Crippen MR) is 222 cm³/mol. The highest BCUT2D eigenvalue weighted by Crippen LogP contribution is 2.47. The molecule has 0 radical (unpaired) electrons. The van der Waals surface area contributed by atoms with Gasteiger partial charge >= 0.3 is 0 Å². The average Bonchev–Trinajstić information content (AvgIpc) is 3.57. The molecule has 1 aromatic heterocycles. The SMILES string of the molecule is N#Cc1cc(-n2c3ccccc3c3ccccc32)ccc1-c1ccccc1-c1ccccc1-c1c2ccccc2c(-c2ccccc2)c2ccccc12. The minimum atomic E-state index is 0.636. The molecule has 0 aliphatic carbocycles. The molecule has 0 fully saturated rings. The summed E-state index contributed by atoms with van der Waals surface area (Å²) in [6.45, 7) is 0. The monoisotopic (exact) mass is 672 g/mol. The lowest BCUT2D eigenvalue weighted by Crippen LogP contribution is -1.97. The van der Waals surface area contributed by atoms with Crippen LogP contribution in [0.3, 0.4) is 0 Å². The summed E-state index contributed by atoms with van der Waals surface area (Å²) < 4.78 is 2.27. The first-order valence-electron chi connectivity index (χ1n) is 18.0. The van der Waals surface area contributed by atoms with Gasteiger partial charge in [0.2, 0.25) is 0 Å². The van der Waals surface area contributed by atoms with Gasteiger partial charge in [0.25, 0.3) is 0 Å². The minimum Gasteiger partial charge on any atom is -0.309 e. The van der Waals surface area contributed by atoms with Gasteiger partial charge in [-0.25, -0.2) is 0 Å². The Morgan fingerprint density at radius 3 is 1.30 bits per heavy atom. The lowest BCUT2D eigenvalue weighted by atomic mass is 9.82. The molecule has 0 saturated carbocycles. The van der Waals surface area contributed by atoms with E-state index in [4.69, 9.17) is 0 Å². The van der Waals surface area contributed by atoms with Crippen LogP contribution >= 0.6 is 0 Å². The molecule has 0 unspecified atom stereocenters. The van der Waals surface area contributed by atoms with Crippen molar-refractivity contribution in [1.29, 1.82) is 5.26 Å².